The van der Waals surface area contributed by atoms with E-state index in [1.54, 1.807) is 11.3 Å². The second-order valence-electron chi connectivity index (χ2n) is 4.95. The molecule has 2 aromatic rings. The van der Waals surface area contributed by atoms with Crippen LogP contribution in [0.2, 0.25) is 0 Å². The molecule has 1 aromatic carbocycles. The van der Waals surface area contributed by atoms with Gasteiger partial charge in [0.15, 0.2) is 0 Å². The molecular formula is C15H17N3OS. The minimum absolute atomic E-state index is 0.138. The summed E-state index contributed by atoms with van der Waals surface area (Å²) in [7, 11) is 0. The van der Waals surface area contributed by atoms with Crippen LogP contribution in [0.3, 0.4) is 0 Å². The van der Waals surface area contributed by atoms with Crippen molar-refractivity contribution >= 4 is 22.9 Å². The monoisotopic (exact) mass is 287 g/mol. The molecule has 3 rings (SSSR count). The maximum atomic E-state index is 11.5. The van der Waals surface area contributed by atoms with Crippen molar-refractivity contribution in [3.05, 3.63) is 35.8 Å². The maximum Gasteiger partial charge on any atom is 0.222 e. The van der Waals surface area contributed by atoms with Crippen molar-refractivity contribution in [2.75, 3.05) is 11.9 Å². The van der Waals surface area contributed by atoms with E-state index in [4.69, 9.17) is 0 Å². The van der Waals surface area contributed by atoms with Crippen LogP contribution in [0.25, 0.3) is 10.6 Å². The van der Waals surface area contributed by atoms with Crippen LogP contribution in [0, 0.1) is 0 Å². The fourth-order valence-electron chi connectivity index (χ4n) is 2.41. The first-order valence-corrected chi connectivity index (χ1v) is 7.72. The van der Waals surface area contributed by atoms with Gasteiger partial charge < -0.3 is 10.6 Å². The molecule has 1 amide bonds. The molecular weight excluding hydrogens is 270 g/mol. The highest BCUT2D eigenvalue weighted by Gasteiger charge is 2.16. The fourth-order valence-corrected chi connectivity index (χ4v) is 3.05. The largest absolute Gasteiger partial charge is 0.382 e. The second kappa shape index (κ2) is 6.05. The van der Waals surface area contributed by atoms with Gasteiger partial charge in [0.25, 0.3) is 0 Å². The zero-order valence-corrected chi connectivity index (χ0v) is 12.0. The first-order chi connectivity index (χ1) is 9.81. The number of rotatable bonds is 3. The first kappa shape index (κ1) is 13.1. The van der Waals surface area contributed by atoms with Crippen LogP contribution in [0.1, 0.15) is 19.3 Å². The van der Waals surface area contributed by atoms with Crippen molar-refractivity contribution in [1.29, 1.82) is 0 Å². The maximum absolute atomic E-state index is 11.5. The summed E-state index contributed by atoms with van der Waals surface area (Å²) in [6, 6.07) is 8.47. The van der Waals surface area contributed by atoms with E-state index in [0.29, 0.717) is 6.42 Å². The van der Waals surface area contributed by atoms with E-state index in [0.717, 1.165) is 35.6 Å². The van der Waals surface area contributed by atoms with Crippen LogP contribution in [0.15, 0.2) is 35.8 Å². The molecule has 0 bridgehead atoms. The van der Waals surface area contributed by atoms with Gasteiger partial charge >= 0.3 is 0 Å². The molecule has 1 aliphatic rings. The molecule has 5 heteroatoms. The van der Waals surface area contributed by atoms with Crippen molar-refractivity contribution in [2.24, 2.45) is 0 Å². The van der Waals surface area contributed by atoms with Gasteiger partial charge in [-0.05, 0) is 37.1 Å². The normalized spacial score (nSPS) is 19.2. The van der Waals surface area contributed by atoms with Crippen LogP contribution < -0.4 is 10.6 Å². The zero-order chi connectivity index (χ0) is 13.8. The average Bonchev–Trinajstić information content (AvgIpc) is 2.91. The molecule has 1 fully saturated rings. The average molecular weight is 287 g/mol. The molecule has 0 spiro atoms. The predicted octanol–water partition coefficient (Wildman–Crippen LogP) is 2.89. The summed E-state index contributed by atoms with van der Waals surface area (Å²) in [6.45, 7) is 0.792. The number of nitrogens with one attached hydrogen (secondary N) is 2. The van der Waals surface area contributed by atoms with Gasteiger partial charge in [0.2, 0.25) is 5.91 Å². The summed E-state index contributed by atoms with van der Waals surface area (Å²) < 4.78 is 0. The Morgan fingerprint density at radius 3 is 2.90 bits per heavy atom. The Labute approximate surface area is 122 Å². The highest BCUT2D eigenvalue weighted by Crippen LogP contribution is 2.24. The van der Waals surface area contributed by atoms with Gasteiger partial charge in [-0.2, -0.15) is 0 Å². The van der Waals surface area contributed by atoms with Crippen molar-refractivity contribution < 1.29 is 4.79 Å². The van der Waals surface area contributed by atoms with E-state index in [1.165, 1.54) is 0 Å². The molecule has 1 aliphatic heterocycles. The van der Waals surface area contributed by atoms with Crippen molar-refractivity contribution in [3.8, 4) is 10.6 Å². The standard InChI is InChI=1S/C15H17N3OS/c19-14-10-13(2-1-7-16-14)18-12-5-3-11(4-6-12)15-17-8-9-20-15/h3-6,8-9,13,18H,1-2,7,10H2,(H,16,19). The molecule has 1 aromatic heterocycles. The molecule has 20 heavy (non-hydrogen) atoms. The third kappa shape index (κ3) is 3.17. The number of carbonyl (C=O) groups excluding carboxylic acids is 1. The molecule has 0 saturated carbocycles. The number of anilines is 1. The van der Waals surface area contributed by atoms with Crippen LogP contribution in [-0.2, 0) is 4.79 Å². The summed E-state index contributed by atoms with van der Waals surface area (Å²) in [5.74, 6) is 0.138. The summed E-state index contributed by atoms with van der Waals surface area (Å²) in [6.07, 6.45) is 4.41. The zero-order valence-electron chi connectivity index (χ0n) is 11.1. The van der Waals surface area contributed by atoms with E-state index in [-0.39, 0.29) is 11.9 Å². The highest BCUT2D eigenvalue weighted by molar-refractivity contribution is 7.13. The lowest BCUT2D eigenvalue weighted by atomic mass is 10.1. The van der Waals surface area contributed by atoms with E-state index in [2.05, 4.69) is 39.9 Å². The molecule has 1 unspecified atom stereocenters. The lowest BCUT2D eigenvalue weighted by Gasteiger charge is -2.16. The van der Waals surface area contributed by atoms with E-state index < -0.39 is 0 Å². The lowest BCUT2D eigenvalue weighted by molar-refractivity contribution is -0.120. The number of carbonyl (C=O) groups is 1. The Morgan fingerprint density at radius 1 is 1.30 bits per heavy atom. The Hall–Kier alpha value is -1.88. The number of nitrogens with zero attached hydrogens (tertiary/aromatic N) is 1. The summed E-state index contributed by atoms with van der Waals surface area (Å²) in [4.78, 5) is 15.8. The first-order valence-electron chi connectivity index (χ1n) is 6.84. The SMILES string of the molecule is O=C1CC(Nc2ccc(-c3nccs3)cc2)CCCN1. The third-order valence-electron chi connectivity index (χ3n) is 3.42. The molecule has 0 aliphatic carbocycles. The topological polar surface area (TPSA) is 54.0 Å². The molecule has 0 radical (unpaired) electrons. The van der Waals surface area contributed by atoms with Gasteiger partial charge in [-0.15, -0.1) is 11.3 Å². The van der Waals surface area contributed by atoms with E-state index in [1.807, 2.05) is 11.6 Å². The van der Waals surface area contributed by atoms with Gasteiger partial charge in [0, 0.05) is 41.8 Å². The van der Waals surface area contributed by atoms with Crippen molar-refractivity contribution in [1.82, 2.24) is 10.3 Å². The molecule has 4 nitrogen and oxygen atoms in total. The number of aromatic nitrogens is 1. The number of thiazole rings is 1. The summed E-state index contributed by atoms with van der Waals surface area (Å²) >= 11 is 1.64. The fraction of sp³-hybridized carbons (Fsp3) is 0.333. The van der Waals surface area contributed by atoms with Crippen LogP contribution >= 0.6 is 11.3 Å². The number of hydrogen-bond donors (Lipinski definition) is 2. The predicted molar refractivity (Wildman–Crippen MR) is 81.8 cm³/mol. The summed E-state index contributed by atoms with van der Waals surface area (Å²) in [5.41, 5.74) is 2.19. The van der Waals surface area contributed by atoms with E-state index >= 15 is 0 Å². The Balaban J connectivity index is 1.67. The van der Waals surface area contributed by atoms with Crippen molar-refractivity contribution in [3.63, 3.8) is 0 Å². The minimum atomic E-state index is 0.138. The van der Waals surface area contributed by atoms with E-state index in [9.17, 15) is 4.79 Å². The second-order valence-corrected chi connectivity index (χ2v) is 5.85. The number of benzene rings is 1. The van der Waals surface area contributed by atoms with Gasteiger partial charge in [-0.1, -0.05) is 0 Å². The Bertz CT molecular complexity index is 565. The Morgan fingerprint density at radius 2 is 2.15 bits per heavy atom. The van der Waals surface area contributed by atoms with Gasteiger partial charge in [0.1, 0.15) is 5.01 Å². The molecule has 1 atom stereocenters. The van der Waals surface area contributed by atoms with Crippen LogP contribution in [0.5, 0.6) is 0 Å². The van der Waals surface area contributed by atoms with Gasteiger partial charge in [0.05, 0.1) is 0 Å². The third-order valence-corrected chi connectivity index (χ3v) is 4.24. The molecule has 2 N–H and O–H groups in total. The number of amides is 1. The highest BCUT2D eigenvalue weighted by atomic mass is 32.1. The van der Waals surface area contributed by atoms with Crippen LogP contribution in [-0.4, -0.2) is 23.5 Å². The lowest BCUT2D eigenvalue weighted by Crippen LogP contribution is -2.26. The molecule has 104 valence electrons. The molecule has 2 heterocycles. The quantitative estimate of drug-likeness (QED) is 0.912. The smallest absolute Gasteiger partial charge is 0.222 e. The minimum Gasteiger partial charge on any atom is -0.382 e. The molecule has 1 saturated heterocycles. The van der Waals surface area contributed by atoms with Gasteiger partial charge in [-0.25, -0.2) is 4.98 Å². The number of hydrogen-bond acceptors (Lipinski definition) is 4. The summed E-state index contributed by atoms with van der Waals surface area (Å²) in [5, 5.41) is 9.36. The van der Waals surface area contributed by atoms with Crippen molar-refractivity contribution in [2.45, 2.75) is 25.3 Å². The van der Waals surface area contributed by atoms with Gasteiger partial charge in [-0.3, -0.25) is 4.79 Å². The Kier molecular flexibility index (Phi) is 3.97. The van der Waals surface area contributed by atoms with Crippen LogP contribution in [0.4, 0.5) is 5.69 Å².